The third kappa shape index (κ3) is 3.47. The summed E-state index contributed by atoms with van der Waals surface area (Å²) >= 11 is 2.24. The Morgan fingerprint density at radius 2 is 1.90 bits per heavy atom. The minimum atomic E-state index is -0.227. The second-order valence-corrected chi connectivity index (χ2v) is 5.70. The number of hydrogen-bond donors (Lipinski definition) is 1. The van der Waals surface area contributed by atoms with Gasteiger partial charge >= 0.3 is 0 Å². The second-order valence-electron chi connectivity index (χ2n) is 4.45. The lowest BCUT2D eigenvalue weighted by Gasteiger charge is -2.13. The van der Waals surface area contributed by atoms with Crippen LogP contribution in [0.3, 0.4) is 0 Å². The number of carbonyl (C=O) groups is 1. The maximum absolute atomic E-state index is 12.5. The lowest BCUT2D eigenvalue weighted by Crippen LogP contribution is -2.14. The van der Waals surface area contributed by atoms with E-state index in [4.69, 9.17) is 9.47 Å². The summed E-state index contributed by atoms with van der Waals surface area (Å²) in [5.41, 5.74) is 2.23. The van der Waals surface area contributed by atoms with Gasteiger partial charge in [-0.2, -0.15) is 0 Å². The van der Waals surface area contributed by atoms with Gasteiger partial charge in [0.1, 0.15) is 0 Å². The molecule has 2 aromatic carbocycles. The van der Waals surface area contributed by atoms with Gasteiger partial charge in [0.05, 0.1) is 19.8 Å². The largest absolute Gasteiger partial charge is 0.493 e. The smallest absolute Gasteiger partial charge is 0.259 e. The van der Waals surface area contributed by atoms with E-state index >= 15 is 0 Å². The average Bonchev–Trinajstić information content (AvgIpc) is 2.49. The molecule has 0 atom stereocenters. The molecule has 0 heterocycles. The van der Waals surface area contributed by atoms with E-state index in [0.29, 0.717) is 17.1 Å². The first-order chi connectivity index (χ1) is 10.1. The van der Waals surface area contributed by atoms with Crippen LogP contribution < -0.4 is 14.8 Å². The molecule has 110 valence electrons. The first kappa shape index (κ1) is 15.6. The van der Waals surface area contributed by atoms with Crippen molar-refractivity contribution in [3.8, 4) is 11.5 Å². The quantitative estimate of drug-likeness (QED) is 0.797. The molecule has 2 rings (SSSR count). The van der Waals surface area contributed by atoms with Crippen LogP contribution in [0.5, 0.6) is 11.5 Å². The number of aryl methyl sites for hydroxylation is 1. The van der Waals surface area contributed by atoms with E-state index in [1.807, 2.05) is 25.1 Å². The van der Waals surface area contributed by atoms with Crippen molar-refractivity contribution in [2.24, 2.45) is 0 Å². The number of halogens is 1. The molecular formula is C16H16INO3. The number of methoxy groups -OCH3 is 2. The van der Waals surface area contributed by atoms with Crippen molar-refractivity contribution in [2.45, 2.75) is 6.92 Å². The summed E-state index contributed by atoms with van der Waals surface area (Å²) in [6.07, 6.45) is 0. The van der Waals surface area contributed by atoms with Crippen molar-refractivity contribution in [2.75, 3.05) is 19.5 Å². The van der Waals surface area contributed by atoms with Crippen molar-refractivity contribution in [3.63, 3.8) is 0 Å². The van der Waals surface area contributed by atoms with E-state index < -0.39 is 0 Å². The summed E-state index contributed by atoms with van der Waals surface area (Å²) in [4.78, 5) is 12.5. The highest BCUT2D eigenvalue weighted by Crippen LogP contribution is 2.31. The van der Waals surface area contributed by atoms with Gasteiger partial charge in [-0.1, -0.05) is 6.07 Å². The predicted molar refractivity (Wildman–Crippen MR) is 91.4 cm³/mol. The van der Waals surface area contributed by atoms with Gasteiger partial charge < -0.3 is 14.8 Å². The minimum absolute atomic E-state index is 0.227. The molecular weight excluding hydrogens is 381 g/mol. The van der Waals surface area contributed by atoms with Crippen molar-refractivity contribution < 1.29 is 14.3 Å². The Labute approximate surface area is 137 Å². The normalized spacial score (nSPS) is 10.1. The number of ether oxygens (including phenoxy) is 2. The van der Waals surface area contributed by atoms with Crippen LogP contribution in [-0.4, -0.2) is 20.1 Å². The van der Waals surface area contributed by atoms with E-state index in [0.717, 1.165) is 14.8 Å². The topological polar surface area (TPSA) is 47.6 Å². The Hall–Kier alpha value is -1.76. The summed E-state index contributed by atoms with van der Waals surface area (Å²) in [6.45, 7) is 1.96. The lowest BCUT2D eigenvalue weighted by molar-refractivity contribution is 0.102. The van der Waals surface area contributed by atoms with Gasteiger partial charge in [-0.3, -0.25) is 4.79 Å². The SMILES string of the molecule is COc1cccc(C(=O)Nc2ccc(I)cc2C)c1OC. The lowest BCUT2D eigenvalue weighted by atomic mass is 10.1. The molecule has 0 radical (unpaired) electrons. The summed E-state index contributed by atoms with van der Waals surface area (Å²) in [6, 6.07) is 11.1. The van der Waals surface area contributed by atoms with E-state index in [2.05, 4.69) is 27.9 Å². The van der Waals surface area contributed by atoms with E-state index in [-0.39, 0.29) is 5.91 Å². The Morgan fingerprint density at radius 3 is 2.52 bits per heavy atom. The molecule has 0 fully saturated rings. The van der Waals surface area contributed by atoms with Gasteiger partial charge in [-0.05, 0) is 65.4 Å². The van der Waals surface area contributed by atoms with E-state index in [1.165, 1.54) is 7.11 Å². The summed E-state index contributed by atoms with van der Waals surface area (Å²) < 4.78 is 11.6. The average molecular weight is 397 g/mol. The number of rotatable bonds is 4. The Balaban J connectivity index is 2.32. The molecule has 0 aromatic heterocycles. The van der Waals surface area contributed by atoms with Crippen LogP contribution in [-0.2, 0) is 0 Å². The monoisotopic (exact) mass is 397 g/mol. The van der Waals surface area contributed by atoms with Crippen LogP contribution in [0.25, 0.3) is 0 Å². The van der Waals surface area contributed by atoms with Gasteiger partial charge in [-0.15, -0.1) is 0 Å². The highest BCUT2D eigenvalue weighted by atomic mass is 127. The summed E-state index contributed by atoms with van der Waals surface area (Å²) in [5.74, 6) is 0.736. The molecule has 21 heavy (non-hydrogen) atoms. The van der Waals surface area contributed by atoms with Gasteiger partial charge in [0, 0.05) is 9.26 Å². The molecule has 0 bridgehead atoms. The summed E-state index contributed by atoms with van der Waals surface area (Å²) in [5, 5.41) is 2.90. The van der Waals surface area contributed by atoms with Crippen molar-refractivity contribution >= 4 is 34.2 Å². The Morgan fingerprint density at radius 1 is 1.14 bits per heavy atom. The number of amides is 1. The molecule has 5 heteroatoms. The van der Waals surface area contributed by atoms with Gasteiger partial charge in [-0.25, -0.2) is 0 Å². The second kappa shape index (κ2) is 6.80. The Bertz CT molecular complexity index is 671. The zero-order valence-electron chi connectivity index (χ0n) is 12.1. The molecule has 2 aromatic rings. The van der Waals surface area contributed by atoms with Crippen molar-refractivity contribution in [1.82, 2.24) is 0 Å². The van der Waals surface area contributed by atoms with Crippen LogP contribution in [0.15, 0.2) is 36.4 Å². The number of nitrogens with one attached hydrogen (secondary N) is 1. The maximum atomic E-state index is 12.5. The zero-order valence-corrected chi connectivity index (χ0v) is 14.2. The number of anilines is 1. The van der Waals surface area contributed by atoms with Crippen LogP contribution >= 0.6 is 22.6 Å². The Kier molecular flexibility index (Phi) is 5.06. The molecule has 0 aliphatic carbocycles. The number of benzene rings is 2. The third-order valence-corrected chi connectivity index (χ3v) is 3.76. The summed E-state index contributed by atoms with van der Waals surface area (Å²) in [7, 11) is 3.06. The minimum Gasteiger partial charge on any atom is -0.493 e. The highest BCUT2D eigenvalue weighted by Gasteiger charge is 2.16. The van der Waals surface area contributed by atoms with E-state index in [9.17, 15) is 4.79 Å². The molecule has 4 nitrogen and oxygen atoms in total. The predicted octanol–water partition coefficient (Wildman–Crippen LogP) is 3.87. The number of para-hydroxylation sites is 1. The molecule has 0 saturated carbocycles. The van der Waals surface area contributed by atoms with Crippen LogP contribution in [0.2, 0.25) is 0 Å². The molecule has 0 spiro atoms. The van der Waals surface area contributed by atoms with Crippen LogP contribution in [0.1, 0.15) is 15.9 Å². The molecule has 1 N–H and O–H groups in total. The number of carbonyl (C=O) groups excluding carboxylic acids is 1. The fourth-order valence-electron chi connectivity index (χ4n) is 2.02. The molecule has 1 amide bonds. The van der Waals surface area contributed by atoms with Crippen molar-refractivity contribution in [1.29, 1.82) is 0 Å². The third-order valence-electron chi connectivity index (χ3n) is 3.08. The first-order valence-corrected chi connectivity index (χ1v) is 7.43. The van der Waals surface area contributed by atoms with Crippen LogP contribution in [0, 0.1) is 10.5 Å². The molecule has 0 aliphatic heterocycles. The first-order valence-electron chi connectivity index (χ1n) is 6.35. The van der Waals surface area contributed by atoms with Gasteiger partial charge in [0.2, 0.25) is 0 Å². The maximum Gasteiger partial charge on any atom is 0.259 e. The highest BCUT2D eigenvalue weighted by molar-refractivity contribution is 14.1. The molecule has 0 aliphatic rings. The standard InChI is InChI=1S/C16H16INO3/c1-10-9-11(17)7-8-13(10)18-16(19)12-5-4-6-14(20-2)15(12)21-3/h4-9H,1-3H3,(H,18,19). The van der Waals surface area contributed by atoms with Crippen molar-refractivity contribution in [3.05, 3.63) is 51.1 Å². The fourth-order valence-corrected chi connectivity index (χ4v) is 2.67. The van der Waals surface area contributed by atoms with E-state index in [1.54, 1.807) is 25.3 Å². The zero-order chi connectivity index (χ0) is 15.4. The molecule has 0 unspecified atom stereocenters. The fraction of sp³-hybridized carbons (Fsp3) is 0.188. The van der Waals surface area contributed by atoms with Crippen LogP contribution in [0.4, 0.5) is 5.69 Å². The van der Waals surface area contributed by atoms with Gasteiger partial charge in [0.15, 0.2) is 11.5 Å². The molecule has 0 saturated heterocycles. The van der Waals surface area contributed by atoms with Gasteiger partial charge in [0.25, 0.3) is 5.91 Å². The number of hydrogen-bond acceptors (Lipinski definition) is 3.